The summed E-state index contributed by atoms with van der Waals surface area (Å²) in [5, 5.41) is 0. The van der Waals surface area contributed by atoms with Crippen LogP contribution in [0.4, 0.5) is 0 Å². The monoisotopic (exact) mass is 787 g/mol. The van der Waals surface area contributed by atoms with Gasteiger partial charge in [0.2, 0.25) is 0 Å². The molecule has 2 heterocycles. The van der Waals surface area contributed by atoms with Crippen LogP contribution in [0, 0.1) is 0 Å². The van der Waals surface area contributed by atoms with Crippen LogP contribution in [0.1, 0.15) is 48.1 Å². The van der Waals surface area contributed by atoms with Gasteiger partial charge >= 0.3 is 0 Å². The number of nitrogens with two attached hydrogens (primary N) is 1. The van der Waals surface area contributed by atoms with Gasteiger partial charge in [-0.1, -0.05) is 152 Å². The lowest BCUT2D eigenvalue weighted by Crippen LogP contribution is -2.62. The highest BCUT2D eigenvalue weighted by Crippen LogP contribution is 2.34. The van der Waals surface area contributed by atoms with E-state index >= 15 is 0 Å². The highest BCUT2D eigenvalue weighted by atomic mass is 16.8. The predicted molar refractivity (Wildman–Crippen MR) is 222 cm³/mol. The maximum Gasteiger partial charge on any atom is 0.187 e. The SMILES string of the molecule is CC1(C)O[C@@H]([C@@H](N)COC2OC(COCc3ccccc3)C(OCc3ccccc3)C(OCc3ccccc3)C2OCc2ccccc2)[C@@H](CCc2ccccc2)O1. The van der Waals surface area contributed by atoms with Crippen molar-refractivity contribution in [2.24, 2.45) is 5.73 Å². The first kappa shape index (κ1) is 41.9. The average molecular weight is 788 g/mol. The maximum absolute atomic E-state index is 6.97. The fourth-order valence-corrected chi connectivity index (χ4v) is 7.58. The molecule has 9 nitrogen and oxygen atoms in total. The maximum atomic E-state index is 6.97. The standard InChI is InChI=1S/C49H57NO8/c1-49(2)57-42(29-28-36-18-8-3-9-19-36)44(58-49)41(50)34-55-48-47(54-33-40-26-16-7-17-27-40)46(53-32-39-24-14-6-15-25-39)45(52-31-38-22-12-5-13-23-38)43(56-48)35-51-30-37-20-10-4-11-21-37/h3-27,41-48H,28-35,50H2,1-2H3/t41-,42+,43?,44-,45?,46?,47?,48?/m0/s1. The molecule has 58 heavy (non-hydrogen) atoms. The van der Waals surface area contributed by atoms with Crippen LogP contribution in [0.2, 0.25) is 0 Å². The van der Waals surface area contributed by atoms with E-state index in [9.17, 15) is 0 Å². The third-order valence-corrected chi connectivity index (χ3v) is 10.5. The molecule has 0 aromatic heterocycles. The van der Waals surface area contributed by atoms with E-state index in [0.717, 1.165) is 35.1 Å². The molecule has 0 spiro atoms. The van der Waals surface area contributed by atoms with Gasteiger partial charge in [0.1, 0.15) is 30.5 Å². The zero-order valence-corrected chi connectivity index (χ0v) is 33.6. The van der Waals surface area contributed by atoms with E-state index in [-0.39, 0.29) is 19.3 Å². The lowest BCUT2D eigenvalue weighted by molar-refractivity contribution is -0.329. The molecule has 2 aliphatic rings. The first-order valence-electron chi connectivity index (χ1n) is 20.4. The van der Waals surface area contributed by atoms with Crippen molar-refractivity contribution in [3.8, 4) is 0 Å². The second-order valence-electron chi connectivity index (χ2n) is 15.5. The molecule has 0 aliphatic carbocycles. The third-order valence-electron chi connectivity index (χ3n) is 10.5. The van der Waals surface area contributed by atoms with E-state index in [4.69, 9.17) is 43.6 Å². The summed E-state index contributed by atoms with van der Waals surface area (Å²) < 4.78 is 53.3. The van der Waals surface area contributed by atoms with Crippen molar-refractivity contribution in [1.82, 2.24) is 0 Å². The molecule has 9 heteroatoms. The van der Waals surface area contributed by atoms with Crippen LogP contribution in [0.15, 0.2) is 152 Å². The predicted octanol–water partition coefficient (Wildman–Crippen LogP) is 8.18. The van der Waals surface area contributed by atoms with E-state index in [1.807, 2.05) is 141 Å². The average Bonchev–Trinajstić information content (AvgIpc) is 3.58. The molecular formula is C49H57NO8. The molecule has 0 bridgehead atoms. The molecule has 2 aliphatic heterocycles. The quantitative estimate of drug-likeness (QED) is 0.0838. The molecule has 0 amide bonds. The molecule has 0 saturated carbocycles. The fraction of sp³-hybridized carbons (Fsp3) is 0.388. The normalized spacial score (nSPS) is 24.7. The lowest BCUT2D eigenvalue weighted by Gasteiger charge is -2.46. The van der Waals surface area contributed by atoms with Crippen LogP contribution in [0.25, 0.3) is 0 Å². The lowest BCUT2D eigenvalue weighted by atomic mass is 9.97. The first-order valence-corrected chi connectivity index (χ1v) is 20.4. The van der Waals surface area contributed by atoms with Gasteiger partial charge in [-0.25, -0.2) is 0 Å². The summed E-state index contributed by atoms with van der Waals surface area (Å²) in [6, 6.07) is 50.2. The Morgan fingerprint density at radius 2 is 0.966 bits per heavy atom. The van der Waals surface area contributed by atoms with Crippen LogP contribution in [-0.4, -0.2) is 68.0 Å². The van der Waals surface area contributed by atoms with Gasteiger partial charge in [0.05, 0.1) is 51.8 Å². The molecule has 0 radical (unpaired) electrons. The molecule has 2 N–H and O–H groups in total. The number of ether oxygens (including phenoxy) is 8. The highest BCUT2D eigenvalue weighted by molar-refractivity contribution is 5.17. The minimum atomic E-state index is -0.879. The number of rotatable bonds is 20. The van der Waals surface area contributed by atoms with Gasteiger partial charge in [-0.05, 0) is 54.5 Å². The Balaban J connectivity index is 1.15. The summed E-state index contributed by atoms with van der Waals surface area (Å²) >= 11 is 0. The summed E-state index contributed by atoms with van der Waals surface area (Å²) in [7, 11) is 0. The molecule has 7 rings (SSSR count). The Hall–Kier alpha value is -4.26. The van der Waals surface area contributed by atoms with Crippen LogP contribution >= 0.6 is 0 Å². The van der Waals surface area contributed by atoms with E-state index < -0.39 is 48.6 Å². The van der Waals surface area contributed by atoms with Gasteiger partial charge < -0.3 is 43.6 Å². The highest BCUT2D eigenvalue weighted by Gasteiger charge is 2.50. The molecule has 5 unspecified atom stereocenters. The van der Waals surface area contributed by atoms with Gasteiger partial charge in [0, 0.05) is 0 Å². The van der Waals surface area contributed by atoms with Crippen LogP contribution < -0.4 is 5.73 Å². The van der Waals surface area contributed by atoms with Crippen LogP contribution in [-0.2, 0) is 70.7 Å². The minimum absolute atomic E-state index is 0.125. The molecule has 306 valence electrons. The Kier molecular flexibility index (Phi) is 15.3. The van der Waals surface area contributed by atoms with Gasteiger partial charge in [-0.2, -0.15) is 0 Å². The summed E-state index contributed by atoms with van der Waals surface area (Å²) in [4.78, 5) is 0. The summed E-state index contributed by atoms with van der Waals surface area (Å²) in [6.07, 6.45) is -2.37. The van der Waals surface area contributed by atoms with Gasteiger partial charge in [-0.15, -0.1) is 0 Å². The van der Waals surface area contributed by atoms with E-state index in [1.165, 1.54) is 5.56 Å². The van der Waals surface area contributed by atoms with Gasteiger partial charge in [-0.3, -0.25) is 0 Å². The summed E-state index contributed by atoms with van der Waals surface area (Å²) in [5.74, 6) is -0.785. The van der Waals surface area contributed by atoms with Crippen molar-refractivity contribution in [1.29, 1.82) is 0 Å². The van der Waals surface area contributed by atoms with Crippen molar-refractivity contribution in [2.75, 3.05) is 13.2 Å². The molecule has 5 aromatic carbocycles. The Labute approximate surface area is 343 Å². The summed E-state index contributed by atoms with van der Waals surface area (Å²) in [5.41, 5.74) is 12.3. The van der Waals surface area contributed by atoms with Crippen molar-refractivity contribution in [2.45, 2.75) is 108 Å². The van der Waals surface area contributed by atoms with Crippen molar-refractivity contribution < 1.29 is 37.9 Å². The first-order chi connectivity index (χ1) is 28.4. The topological polar surface area (TPSA) is 99.9 Å². The number of hydrogen-bond acceptors (Lipinski definition) is 9. The number of hydrogen-bond donors (Lipinski definition) is 1. The smallest absolute Gasteiger partial charge is 0.187 e. The largest absolute Gasteiger partial charge is 0.374 e. The Bertz CT molecular complexity index is 1890. The van der Waals surface area contributed by atoms with E-state index in [0.29, 0.717) is 26.4 Å². The Morgan fingerprint density at radius 1 is 0.517 bits per heavy atom. The van der Waals surface area contributed by atoms with E-state index in [1.54, 1.807) is 0 Å². The minimum Gasteiger partial charge on any atom is -0.374 e. The Morgan fingerprint density at radius 3 is 1.48 bits per heavy atom. The van der Waals surface area contributed by atoms with Gasteiger partial charge in [0.25, 0.3) is 0 Å². The van der Waals surface area contributed by atoms with Crippen LogP contribution in [0.3, 0.4) is 0 Å². The number of benzene rings is 5. The zero-order valence-electron chi connectivity index (χ0n) is 33.6. The second kappa shape index (κ2) is 21.1. The number of aryl methyl sites for hydroxylation is 1. The molecule has 2 fully saturated rings. The van der Waals surface area contributed by atoms with E-state index in [2.05, 4.69) is 24.3 Å². The third kappa shape index (κ3) is 12.1. The fourth-order valence-electron chi connectivity index (χ4n) is 7.58. The molecule has 5 aromatic rings. The van der Waals surface area contributed by atoms with Crippen molar-refractivity contribution in [3.05, 3.63) is 179 Å². The second-order valence-corrected chi connectivity index (χ2v) is 15.5. The van der Waals surface area contributed by atoms with Crippen molar-refractivity contribution >= 4 is 0 Å². The van der Waals surface area contributed by atoms with Crippen LogP contribution in [0.5, 0.6) is 0 Å². The molecular weight excluding hydrogens is 731 g/mol. The van der Waals surface area contributed by atoms with Gasteiger partial charge in [0.15, 0.2) is 12.1 Å². The van der Waals surface area contributed by atoms with Crippen molar-refractivity contribution in [3.63, 3.8) is 0 Å². The summed E-state index contributed by atoms with van der Waals surface area (Å²) in [6.45, 7) is 5.60. The molecule has 8 atom stereocenters. The zero-order chi connectivity index (χ0) is 40.0. The molecule has 2 saturated heterocycles.